The maximum Gasteiger partial charge on any atom is 0.319 e. The molecule has 0 aliphatic rings. The molecule has 0 aromatic heterocycles. The molecule has 0 aliphatic heterocycles. The van der Waals surface area contributed by atoms with Crippen LogP contribution in [0.15, 0.2) is 54.6 Å². The minimum absolute atomic E-state index is 0.245. The second-order valence-corrected chi connectivity index (χ2v) is 11.8. The van der Waals surface area contributed by atoms with E-state index in [1.54, 1.807) is 0 Å². The minimum Gasteiger partial charge on any atom is -0.338 e. The van der Waals surface area contributed by atoms with Gasteiger partial charge in [0.05, 0.1) is 0 Å². The predicted octanol–water partition coefficient (Wildman–Crippen LogP) is 7.41. The zero-order valence-electron chi connectivity index (χ0n) is 28.2. The van der Waals surface area contributed by atoms with E-state index in [1.807, 2.05) is 77.9 Å². The number of aryl methyl sites for hydroxylation is 3. The van der Waals surface area contributed by atoms with Gasteiger partial charge in [0.15, 0.2) is 0 Å². The van der Waals surface area contributed by atoms with Crippen molar-refractivity contribution < 1.29 is 14.4 Å². The molecule has 0 atom stereocenters. The highest BCUT2D eigenvalue weighted by atomic mass is 16.2. The minimum atomic E-state index is -0.245. The Hall–Kier alpha value is -4.57. The Kier molecular flexibility index (Phi) is 14.4. The van der Waals surface area contributed by atoms with Crippen LogP contribution in [0.1, 0.15) is 73.4 Å². The highest BCUT2D eigenvalue weighted by Gasteiger charge is 2.18. The van der Waals surface area contributed by atoms with Crippen LogP contribution in [0.3, 0.4) is 0 Å². The van der Waals surface area contributed by atoms with E-state index in [4.69, 9.17) is 0 Å². The molecule has 6 N–H and O–H groups in total. The summed E-state index contributed by atoms with van der Waals surface area (Å²) in [5, 5.41) is 17.8. The number of anilines is 3. The Morgan fingerprint density at radius 1 is 0.500 bits per heavy atom. The van der Waals surface area contributed by atoms with Crippen molar-refractivity contribution in [3.63, 3.8) is 0 Å². The number of rotatable bonds is 15. The van der Waals surface area contributed by atoms with Crippen molar-refractivity contribution in [2.75, 3.05) is 35.6 Å². The zero-order valence-corrected chi connectivity index (χ0v) is 28.2. The van der Waals surface area contributed by atoms with E-state index < -0.39 is 0 Å². The van der Waals surface area contributed by atoms with Gasteiger partial charge in [-0.05, 0) is 74.9 Å². The van der Waals surface area contributed by atoms with Crippen molar-refractivity contribution in [1.29, 1.82) is 0 Å². The lowest BCUT2D eigenvalue weighted by molar-refractivity contribution is 0.246. The molecule has 0 fully saturated rings. The number of nitrogens with one attached hydrogen (secondary N) is 6. The van der Waals surface area contributed by atoms with Crippen LogP contribution in [0.5, 0.6) is 0 Å². The first kappa shape index (κ1) is 35.9. The third-order valence-corrected chi connectivity index (χ3v) is 7.32. The van der Waals surface area contributed by atoms with Crippen LogP contribution in [-0.2, 0) is 19.6 Å². The molecule has 248 valence electrons. The van der Waals surface area contributed by atoms with E-state index in [2.05, 4.69) is 55.0 Å². The van der Waals surface area contributed by atoms with Crippen LogP contribution in [0.25, 0.3) is 0 Å². The van der Waals surface area contributed by atoms with Gasteiger partial charge in [-0.2, -0.15) is 0 Å². The number of hydrogen-bond acceptors (Lipinski definition) is 4. The molecule has 0 bridgehead atoms. The fourth-order valence-electron chi connectivity index (χ4n) is 5.03. The lowest BCUT2D eigenvalue weighted by Crippen LogP contribution is -2.31. The molecule has 10 nitrogen and oxygen atoms in total. The van der Waals surface area contributed by atoms with Crippen LogP contribution in [0.2, 0.25) is 0 Å². The molecular weight excluding hydrogens is 578 g/mol. The molecule has 0 aliphatic carbocycles. The number of amides is 6. The van der Waals surface area contributed by atoms with Crippen LogP contribution in [0, 0.1) is 20.8 Å². The molecule has 0 saturated heterocycles. The maximum absolute atomic E-state index is 12.7. The average molecular weight is 630 g/mol. The monoisotopic (exact) mass is 629 g/mol. The number of urea groups is 3. The summed E-state index contributed by atoms with van der Waals surface area (Å²) in [6.45, 7) is 15.4. The molecule has 3 aromatic rings. The third kappa shape index (κ3) is 11.7. The third-order valence-electron chi connectivity index (χ3n) is 7.32. The lowest BCUT2D eigenvalue weighted by atomic mass is 10.0. The summed E-state index contributed by atoms with van der Waals surface area (Å²) >= 11 is 0. The zero-order chi connectivity index (χ0) is 33.5. The second kappa shape index (κ2) is 18.4. The largest absolute Gasteiger partial charge is 0.338 e. The van der Waals surface area contributed by atoms with E-state index in [-0.39, 0.29) is 18.1 Å². The summed E-state index contributed by atoms with van der Waals surface area (Å²) in [7, 11) is 0. The fourth-order valence-corrected chi connectivity index (χ4v) is 5.03. The SMILES string of the molecule is CCCNC(=O)Nc1ccc(C)cc1CN(Cc1cc(C)ccc1NC(=O)NCCC)Cc1cc(C)ccc1NC(=O)NCCC. The topological polar surface area (TPSA) is 127 Å². The van der Waals surface area contributed by atoms with Crippen molar-refractivity contribution in [1.82, 2.24) is 20.9 Å². The summed E-state index contributed by atoms with van der Waals surface area (Å²) < 4.78 is 0. The normalized spacial score (nSPS) is 10.8. The van der Waals surface area contributed by atoms with Gasteiger partial charge in [0.25, 0.3) is 0 Å². The highest BCUT2D eigenvalue weighted by Crippen LogP contribution is 2.27. The lowest BCUT2D eigenvalue weighted by Gasteiger charge is -2.27. The van der Waals surface area contributed by atoms with E-state index >= 15 is 0 Å². The first-order chi connectivity index (χ1) is 22.1. The van der Waals surface area contributed by atoms with Crippen molar-refractivity contribution >= 4 is 35.2 Å². The standard InChI is InChI=1S/C36H51N7O3/c1-7-16-37-34(44)40-31-13-10-25(4)19-28(31)22-43(23-29-20-26(5)11-14-32(29)41-35(45)38-17-8-2)24-30-21-27(6)12-15-33(30)42-36(46)39-18-9-3/h10-15,19-21H,7-9,16-18,22-24H2,1-6H3,(H2,37,40,44)(H2,38,41,45)(H2,39,42,46). The van der Waals surface area contributed by atoms with Gasteiger partial charge in [-0.1, -0.05) is 73.9 Å². The summed E-state index contributed by atoms with van der Waals surface area (Å²) in [5.74, 6) is 0. The Balaban J connectivity index is 2.02. The summed E-state index contributed by atoms with van der Waals surface area (Å²) in [4.78, 5) is 40.3. The van der Waals surface area contributed by atoms with Crippen LogP contribution in [0.4, 0.5) is 31.4 Å². The Morgan fingerprint density at radius 2 is 0.783 bits per heavy atom. The smallest absolute Gasteiger partial charge is 0.319 e. The van der Waals surface area contributed by atoms with Gasteiger partial charge < -0.3 is 31.9 Å². The molecule has 10 heteroatoms. The van der Waals surface area contributed by atoms with Gasteiger partial charge in [-0.3, -0.25) is 4.90 Å². The Morgan fingerprint density at radius 3 is 1.04 bits per heavy atom. The van der Waals surface area contributed by atoms with Crippen molar-refractivity contribution in [2.45, 2.75) is 80.4 Å². The summed E-state index contributed by atoms with van der Waals surface area (Å²) in [6, 6.07) is 17.3. The van der Waals surface area contributed by atoms with E-state index in [0.717, 1.165) is 69.7 Å². The Bertz CT molecular complexity index is 1300. The first-order valence-corrected chi connectivity index (χ1v) is 16.3. The molecule has 0 heterocycles. The molecule has 0 unspecified atom stereocenters. The van der Waals surface area contributed by atoms with E-state index in [9.17, 15) is 14.4 Å². The van der Waals surface area contributed by atoms with Gasteiger partial charge in [0, 0.05) is 56.3 Å². The van der Waals surface area contributed by atoms with Crippen molar-refractivity contribution in [2.24, 2.45) is 0 Å². The predicted molar refractivity (Wildman–Crippen MR) is 188 cm³/mol. The first-order valence-electron chi connectivity index (χ1n) is 16.3. The molecular formula is C36H51N7O3. The number of nitrogens with zero attached hydrogens (tertiary/aromatic N) is 1. The molecule has 0 saturated carbocycles. The second-order valence-electron chi connectivity index (χ2n) is 11.8. The fraction of sp³-hybridized carbons (Fsp3) is 0.417. The molecule has 46 heavy (non-hydrogen) atoms. The number of carbonyl (C=O) groups is 3. The van der Waals surface area contributed by atoms with Crippen molar-refractivity contribution in [3.05, 3.63) is 88.0 Å². The number of carbonyl (C=O) groups excluding carboxylic acids is 3. The van der Waals surface area contributed by atoms with Gasteiger partial charge in [-0.25, -0.2) is 14.4 Å². The van der Waals surface area contributed by atoms with E-state index in [0.29, 0.717) is 39.3 Å². The van der Waals surface area contributed by atoms with Crippen molar-refractivity contribution in [3.8, 4) is 0 Å². The highest BCUT2D eigenvalue weighted by molar-refractivity contribution is 5.91. The summed E-state index contributed by atoms with van der Waals surface area (Å²) in [5.41, 5.74) is 8.28. The number of hydrogen-bond donors (Lipinski definition) is 6. The van der Waals surface area contributed by atoms with E-state index in [1.165, 1.54) is 0 Å². The van der Waals surface area contributed by atoms with Gasteiger partial charge >= 0.3 is 18.1 Å². The van der Waals surface area contributed by atoms with Crippen LogP contribution < -0.4 is 31.9 Å². The molecule has 0 spiro atoms. The average Bonchev–Trinajstić information content (AvgIpc) is 3.01. The molecule has 3 aromatic carbocycles. The number of benzene rings is 3. The van der Waals surface area contributed by atoms with Gasteiger partial charge in [0.2, 0.25) is 0 Å². The molecule has 6 amide bonds. The maximum atomic E-state index is 12.7. The summed E-state index contributed by atoms with van der Waals surface area (Å²) in [6.07, 6.45) is 2.53. The van der Waals surface area contributed by atoms with Crippen LogP contribution in [-0.4, -0.2) is 42.6 Å². The quantitative estimate of drug-likeness (QED) is 0.105. The molecule has 0 radical (unpaired) electrons. The van der Waals surface area contributed by atoms with Gasteiger partial charge in [0.1, 0.15) is 0 Å². The van der Waals surface area contributed by atoms with Gasteiger partial charge in [-0.15, -0.1) is 0 Å². The van der Waals surface area contributed by atoms with Crippen LogP contribution >= 0.6 is 0 Å². The Labute approximate surface area is 274 Å². The molecule has 3 rings (SSSR count).